The van der Waals surface area contributed by atoms with Crippen LogP contribution in [0, 0.1) is 0 Å². The van der Waals surface area contributed by atoms with E-state index in [-0.39, 0.29) is 17.9 Å². The first-order valence-corrected chi connectivity index (χ1v) is 12.5. The number of aromatic amines is 1. The van der Waals surface area contributed by atoms with Gasteiger partial charge in [0.2, 0.25) is 0 Å². The van der Waals surface area contributed by atoms with Crippen molar-refractivity contribution in [1.82, 2.24) is 20.0 Å². The lowest BCUT2D eigenvalue weighted by Gasteiger charge is -2.25. The molecule has 0 spiro atoms. The summed E-state index contributed by atoms with van der Waals surface area (Å²) in [5.74, 6) is -1.32. The molecule has 1 saturated heterocycles. The molecule has 1 N–H and O–H groups in total. The number of nitrogens with one attached hydrogen (secondary N) is 1. The molecule has 2 aromatic carbocycles. The molecule has 202 valence electrons. The van der Waals surface area contributed by atoms with E-state index in [1.54, 1.807) is 4.90 Å². The maximum Gasteiger partial charge on any atom is 0.439 e. The second-order valence-corrected chi connectivity index (χ2v) is 9.98. The minimum atomic E-state index is -4.74. The van der Waals surface area contributed by atoms with Crippen molar-refractivity contribution in [3.63, 3.8) is 0 Å². The molecular weight excluding hydrogens is 536 g/mol. The van der Waals surface area contributed by atoms with Crippen molar-refractivity contribution >= 4 is 26.7 Å². The van der Waals surface area contributed by atoms with Crippen LogP contribution in [0.1, 0.15) is 29.5 Å². The first kappa shape index (κ1) is 26.2. The van der Waals surface area contributed by atoms with Crippen LogP contribution in [0.15, 0.2) is 45.7 Å². The van der Waals surface area contributed by atoms with Crippen LogP contribution in [0.4, 0.5) is 31.5 Å². The summed E-state index contributed by atoms with van der Waals surface area (Å²) in [5, 5.41) is 3.79. The Kier molecular flexibility index (Phi) is 6.94. The molecule has 38 heavy (non-hydrogen) atoms. The smallest absolute Gasteiger partial charge is 0.342 e. The number of fused-ring (bicyclic) bond motifs is 1. The zero-order valence-corrected chi connectivity index (χ0v) is 20.5. The van der Waals surface area contributed by atoms with Gasteiger partial charge in [-0.2, -0.15) is 26.3 Å². The van der Waals surface area contributed by atoms with Crippen molar-refractivity contribution in [1.29, 1.82) is 0 Å². The van der Waals surface area contributed by atoms with Gasteiger partial charge in [-0.05, 0) is 55.8 Å². The highest BCUT2D eigenvalue weighted by molar-refractivity contribution is 7.22. The Balaban J connectivity index is 1.49. The van der Waals surface area contributed by atoms with Gasteiger partial charge in [-0.25, -0.2) is 9.78 Å². The van der Waals surface area contributed by atoms with Gasteiger partial charge < -0.3 is 9.80 Å². The fraction of sp³-hybridized carbons (Fsp3) is 0.375. The Morgan fingerprint density at radius 1 is 1.03 bits per heavy atom. The lowest BCUT2D eigenvalue weighted by molar-refractivity contribution is -0.138. The van der Waals surface area contributed by atoms with Gasteiger partial charge in [0.25, 0.3) is 0 Å². The average molecular weight is 558 g/mol. The minimum absolute atomic E-state index is 0.0402. The van der Waals surface area contributed by atoms with E-state index in [1.165, 1.54) is 18.2 Å². The van der Waals surface area contributed by atoms with E-state index in [2.05, 4.69) is 24.5 Å². The van der Waals surface area contributed by atoms with E-state index in [0.29, 0.717) is 34.0 Å². The van der Waals surface area contributed by atoms with Crippen LogP contribution in [0.5, 0.6) is 0 Å². The Labute approximate surface area is 215 Å². The number of halogens is 6. The molecule has 0 saturated carbocycles. The molecule has 3 heterocycles. The van der Waals surface area contributed by atoms with Gasteiger partial charge in [-0.15, -0.1) is 0 Å². The number of nitrogens with zero attached hydrogens (tertiary/aromatic N) is 4. The number of hydrogen-bond donors (Lipinski definition) is 1. The van der Waals surface area contributed by atoms with Gasteiger partial charge in [0.15, 0.2) is 11.0 Å². The number of H-pyrrole nitrogens is 1. The lowest BCUT2D eigenvalue weighted by Crippen LogP contribution is -2.33. The van der Waals surface area contributed by atoms with E-state index in [4.69, 9.17) is 0 Å². The van der Waals surface area contributed by atoms with Crippen LogP contribution < -0.4 is 10.7 Å². The van der Waals surface area contributed by atoms with E-state index < -0.39 is 29.2 Å². The highest BCUT2D eigenvalue weighted by Gasteiger charge is 2.35. The molecule has 4 aromatic rings. The predicted octanol–water partition coefficient (Wildman–Crippen LogP) is 5.78. The summed E-state index contributed by atoms with van der Waals surface area (Å²) in [6.45, 7) is 2.91. The molecule has 7 nitrogen and oxygen atoms in total. The van der Waals surface area contributed by atoms with Gasteiger partial charge in [0, 0.05) is 25.2 Å². The zero-order chi connectivity index (χ0) is 27.1. The van der Waals surface area contributed by atoms with Gasteiger partial charge in [-0.1, -0.05) is 28.6 Å². The molecule has 0 aliphatic carbocycles. The Morgan fingerprint density at radius 3 is 2.45 bits per heavy atom. The fourth-order valence-corrected chi connectivity index (χ4v) is 5.46. The van der Waals surface area contributed by atoms with Crippen LogP contribution in [-0.2, 0) is 18.9 Å². The van der Waals surface area contributed by atoms with Crippen LogP contribution in [0.25, 0.3) is 21.6 Å². The number of anilines is 1. The molecule has 14 heteroatoms. The number of rotatable bonds is 7. The van der Waals surface area contributed by atoms with Gasteiger partial charge >= 0.3 is 18.1 Å². The Hall–Kier alpha value is -3.39. The largest absolute Gasteiger partial charge is 0.439 e. The van der Waals surface area contributed by atoms with E-state index in [9.17, 15) is 31.1 Å². The van der Waals surface area contributed by atoms with Crippen molar-refractivity contribution in [2.75, 3.05) is 31.1 Å². The molecule has 1 aliphatic heterocycles. The maximum atomic E-state index is 13.9. The van der Waals surface area contributed by atoms with Crippen LogP contribution in [-0.4, -0.2) is 46.2 Å². The monoisotopic (exact) mass is 557 g/mol. The Morgan fingerprint density at radius 2 is 1.79 bits per heavy atom. The summed E-state index contributed by atoms with van der Waals surface area (Å²) in [7, 11) is 0. The zero-order valence-electron chi connectivity index (χ0n) is 19.7. The standard InChI is InChI=1S/C24H21F6N5O2S/c25-23(26,27)15-4-6-18-19(12-15)38-21(31-18)35(10-9-34-7-1-2-8-34)13-14-3-5-16(17(11-14)24(28,29)30)20-32-22(36)37-33-20/h3-6,11-12H,1-2,7-10,13H2,(H,32,33,36). The van der Waals surface area contributed by atoms with Crippen molar-refractivity contribution in [3.8, 4) is 11.4 Å². The van der Waals surface area contributed by atoms with E-state index in [0.717, 1.165) is 55.5 Å². The first-order valence-electron chi connectivity index (χ1n) is 11.7. The molecule has 1 aliphatic rings. The predicted molar refractivity (Wildman–Crippen MR) is 129 cm³/mol. The quantitative estimate of drug-likeness (QED) is 0.291. The third-order valence-electron chi connectivity index (χ3n) is 6.32. The van der Waals surface area contributed by atoms with E-state index in [1.807, 2.05) is 0 Å². The normalized spacial score (nSPS) is 15.0. The first-order chi connectivity index (χ1) is 18.0. The second-order valence-electron chi connectivity index (χ2n) is 8.97. The van der Waals surface area contributed by atoms with Gasteiger partial charge in [-0.3, -0.25) is 9.51 Å². The number of hydrogen-bond acceptors (Lipinski definition) is 7. The molecule has 0 atom stereocenters. The lowest BCUT2D eigenvalue weighted by atomic mass is 10.0. The summed E-state index contributed by atoms with van der Waals surface area (Å²) in [6.07, 6.45) is -7.13. The third kappa shape index (κ3) is 5.70. The fourth-order valence-electron chi connectivity index (χ4n) is 4.43. The van der Waals surface area contributed by atoms with Crippen molar-refractivity contribution in [3.05, 3.63) is 63.6 Å². The summed E-state index contributed by atoms with van der Waals surface area (Å²) in [6, 6.07) is 6.95. The molecule has 0 bridgehead atoms. The van der Waals surface area contributed by atoms with Crippen molar-refractivity contribution < 1.29 is 30.9 Å². The maximum absolute atomic E-state index is 13.9. The molecule has 5 rings (SSSR count). The summed E-state index contributed by atoms with van der Waals surface area (Å²) >= 11 is 1.06. The third-order valence-corrected chi connectivity index (χ3v) is 7.40. The SMILES string of the molecule is O=c1[nH]c(-c2ccc(CN(CCN3CCCC3)c3nc4ccc(C(F)(F)F)cc4s3)cc2C(F)(F)F)no1. The number of benzene rings is 2. The van der Waals surface area contributed by atoms with Crippen LogP contribution >= 0.6 is 11.3 Å². The molecule has 1 fully saturated rings. The average Bonchev–Trinajstić information content (AvgIpc) is 3.61. The molecule has 0 radical (unpaired) electrons. The molecule has 0 amide bonds. The molecule has 2 aromatic heterocycles. The topological polar surface area (TPSA) is 78.3 Å². The number of likely N-dealkylation sites (tertiary alicyclic amines) is 1. The molecular formula is C24H21F6N5O2S. The summed E-state index contributed by atoms with van der Waals surface area (Å²) in [5.41, 5.74) is -1.44. The Bertz CT molecular complexity index is 1490. The van der Waals surface area contributed by atoms with Crippen molar-refractivity contribution in [2.24, 2.45) is 0 Å². The van der Waals surface area contributed by atoms with Crippen molar-refractivity contribution in [2.45, 2.75) is 31.7 Å². The van der Waals surface area contributed by atoms with Crippen LogP contribution in [0.2, 0.25) is 0 Å². The van der Waals surface area contributed by atoms with E-state index >= 15 is 0 Å². The van der Waals surface area contributed by atoms with Crippen LogP contribution in [0.3, 0.4) is 0 Å². The number of aromatic nitrogens is 3. The minimum Gasteiger partial charge on any atom is -0.342 e. The van der Waals surface area contributed by atoms with Gasteiger partial charge in [0.05, 0.1) is 21.3 Å². The number of thiazole rings is 1. The highest BCUT2D eigenvalue weighted by atomic mass is 32.1. The molecule has 0 unspecified atom stereocenters. The second kappa shape index (κ2) is 10.1. The van der Waals surface area contributed by atoms with Gasteiger partial charge in [0.1, 0.15) is 0 Å². The summed E-state index contributed by atoms with van der Waals surface area (Å²) < 4.78 is 86.1. The number of alkyl halides is 6. The summed E-state index contributed by atoms with van der Waals surface area (Å²) in [4.78, 5) is 21.9. The highest BCUT2D eigenvalue weighted by Crippen LogP contribution is 2.38.